The summed E-state index contributed by atoms with van der Waals surface area (Å²) in [6.07, 6.45) is 5.58. The predicted octanol–water partition coefficient (Wildman–Crippen LogP) is 3.48. The van der Waals surface area contributed by atoms with E-state index in [2.05, 4.69) is 15.2 Å². The van der Waals surface area contributed by atoms with Crippen LogP contribution in [-0.4, -0.2) is 53.0 Å². The van der Waals surface area contributed by atoms with Gasteiger partial charge in [0.2, 0.25) is 0 Å². The molecule has 1 saturated heterocycles. The van der Waals surface area contributed by atoms with Crippen molar-refractivity contribution in [1.29, 1.82) is 0 Å². The molecule has 1 N–H and O–H groups in total. The summed E-state index contributed by atoms with van der Waals surface area (Å²) in [7, 11) is 1.90. The molecule has 6 heteroatoms. The number of hydrogen-bond acceptors (Lipinski definition) is 4. The molecule has 4 rings (SSSR count). The lowest BCUT2D eigenvalue weighted by atomic mass is 10.0. The summed E-state index contributed by atoms with van der Waals surface area (Å²) in [5.41, 5.74) is 2.31. The monoisotopic (exact) mass is 342 g/mol. The van der Waals surface area contributed by atoms with Crippen LogP contribution in [0.15, 0.2) is 22.6 Å². The number of anilines is 1. The number of urea groups is 1. The van der Waals surface area contributed by atoms with Gasteiger partial charge in [-0.25, -0.2) is 9.78 Å². The first-order chi connectivity index (χ1) is 12.1. The lowest BCUT2D eigenvalue weighted by Gasteiger charge is -2.36. The highest BCUT2D eigenvalue weighted by molar-refractivity contribution is 5.91. The van der Waals surface area contributed by atoms with E-state index in [1.54, 1.807) is 0 Å². The fraction of sp³-hybridized carbons (Fsp3) is 0.579. The summed E-state index contributed by atoms with van der Waals surface area (Å²) in [6.45, 7) is 4.23. The third-order valence-electron chi connectivity index (χ3n) is 5.42. The second-order valence-electron chi connectivity index (χ2n) is 7.18. The number of aromatic nitrogens is 1. The Kier molecular flexibility index (Phi) is 4.37. The maximum atomic E-state index is 12.6. The third kappa shape index (κ3) is 3.49. The molecule has 2 heterocycles. The maximum absolute atomic E-state index is 12.6. The van der Waals surface area contributed by atoms with E-state index >= 15 is 0 Å². The lowest BCUT2D eigenvalue weighted by Crippen LogP contribution is -2.47. The molecule has 1 aliphatic heterocycles. The van der Waals surface area contributed by atoms with E-state index in [9.17, 15) is 4.79 Å². The van der Waals surface area contributed by atoms with E-state index in [0.717, 1.165) is 61.1 Å². The number of rotatable bonds is 4. The van der Waals surface area contributed by atoms with Crippen molar-refractivity contribution < 1.29 is 9.21 Å². The highest BCUT2D eigenvalue weighted by atomic mass is 16.3. The van der Waals surface area contributed by atoms with Crippen LogP contribution in [0.2, 0.25) is 0 Å². The minimum Gasteiger partial charge on any atom is -0.441 e. The zero-order chi connectivity index (χ0) is 17.4. The minimum absolute atomic E-state index is 0.0524. The number of fused-ring (bicyclic) bond motifs is 1. The van der Waals surface area contributed by atoms with E-state index in [0.29, 0.717) is 6.04 Å². The summed E-state index contributed by atoms with van der Waals surface area (Å²) in [6, 6.07) is 6.70. The van der Waals surface area contributed by atoms with E-state index in [4.69, 9.17) is 4.42 Å². The van der Waals surface area contributed by atoms with Crippen LogP contribution >= 0.6 is 0 Å². The summed E-state index contributed by atoms with van der Waals surface area (Å²) < 4.78 is 5.62. The number of carbonyl (C=O) groups is 1. The quantitative estimate of drug-likeness (QED) is 0.924. The van der Waals surface area contributed by atoms with Gasteiger partial charge < -0.3 is 19.5 Å². The van der Waals surface area contributed by atoms with Crippen molar-refractivity contribution in [2.75, 3.05) is 25.5 Å². The number of aryl methyl sites for hydroxylation is 1. The Morgan fingerprint density at radius 1 is 1.32 bits per heavy atom. The molecule has 6 nitrogen and oxygen atoms in total. The van der Waals surface area contributed by atoms with Gasteiger partial charge in [0.05, 0.1) is 0 Å². The molecule has 0 unspecified atom stereocenters. The van der Waals surface area contributed by atoms with Gasteiger partial charge in [-0.15, -0.1) is 0 Å². The van der Waals surface area contributed by atoms with Crippen LogP contribution in [0.3, 0.4) is 0 Å². The van der Waals surface area contributed by atoms with Crippen molar-refractivity contribution in [1.82, 2.24) is 14.8 Å². The molecule has 0 bridgehead atoms. The van der Waals surface area contributed by atoms with Gasteiger partial charge in [0, 0.05) is 44.3 Å². The number of carbonyl (C=O) groups excluding carboxylic acids is 1. The van der Waals surface area contributed by atoms with Gasteiger partial charge in [0.15, 0.2) is 11.5 Å². The number of nitrogens with zero attached hydrogens (tertiary/aromatic N) is 3. The molecule has 0 atom stereocenters. The Labute approximate surface area is 148 Å². The first kappa shape index (κ1) is 16.4. The van der Waals surface area contributed by atoms with Crippen LogP contribution in [-0.2, 0) is 6.42 Å². The average Bonchev–Trinajstić information content (AvgIpc) is 3.40. The summed E-state index contributed by atoms with van der Waals surface area (Å²) in [5.74, 6) is 0.720. The molecular weight excluding hydrogens is 316 g/mol. The van der Waals surface area contributed by atoms with Gasteiger partial charge in [-0.05, 0) is 43.9 Å². The van der Waals surface area contributed by atoms with Crippen molar-refractivity contribution in [2.24, 2.45) is 0 Å². The molecule has 2 aromatic rings. The number of oxazole rings is 1. The Balaban J connectivity index is 1.37. The molecule has 2 fully saturated rings. The molecule has 1 aromatic carbocycles. The molecule has 1 saturated carbocycles. The zero-order valence-electron chi connectivity index (χ0n) is 15.0. The first-order valence-electron chi connectivity index (χ1n) is 9.31. The molecule has 1 aliphatic carbocycles. The van der Waals surface area contributed by atoms with Crippen LogP contribution in [0.1, 0.15) is 38.5 Å². The molecular formula is C19H26N4O2. The number of benzene rings is 1. The molecule has 2 aliphatic rings. The maximum Gasteiger partial charge on any atom is 0.321 e. The van der Waals surface area contributed by atoms with Crippen LogP contribution in [0, 0.1) is 0 Å². The molecule has 134 valence electrons. The van der Waals surface area contributed by atoms with Gasteiger partial charge in [-0.1, -0.05) is 6.92 Å². The summed E-state index contributed by atoms with van der Waals surface area (Å²) in [5, 5.41) is 3.00. The van der Waals surface area contributed by atoms with Gasteiger partial charge in [0.25, 0.3) is 0 Å². The van der Waals surface area contributed by atoms with E-state index in [1.807, 2.05) is 37.1 Å². The smallest absolute Gasteiger partial charge is 0.321 e. The van der Waals surface area contributed by atoms with E-state index < -0.39 is 0 Å². The topological polar surface area (TPSA) is 61.6 Å². The Morgan fingerprint density at radius 2 is 2.08 bits per heavy atom. The van der Waals surface area contributed by atoms with Crippen molar-refractivity contribution in [3.05, 3.63) is 24.1 Å². The zero-order valence-corrected chi connectivity index (χ0v) is 15.0. The Morgan fingerprint density at radius 3 is 2.76 bits per heavy atom. The molecule has 0 radical (unpaired) electrons. The highest BCUT2D eigenvalue weighted by Crippen LogP contribution is 2.30. The first-order valence-corrected chi connectivity index (χ1v) is 9.31. The van der Waals surface area contributed by atoms with Gasteiger partial charge in [-0.3, -0.25) is 0 Å². The van der Waals surface area contributed by atoms with Crippen molar-refractivity contribution in [3.63, 3.8) is 0 Å². The number of likely N-dealkylation sites (tertiary alicyclic amines) is 1. The second-order valence-corrected chi connectivity index (χ2v) is 7.18. The number of amides is 2. The number of piperidine rings is 1. The fourth-order valence-electron chi connectivity index (χ4n) is 3.66. The van der Waals surface area contributed by atoms with Gasteiger partial charge in [0.1, 0.15) is 5.52 Å². The Bertz CT molecular complexity index is 760. The normalized spacial score (nSPS) is 19.3. The second kappa shape index (κ2) is 6.67. The molecule has 0 spiro atoms. The molecule has 1 aromatic heterocycles. The number of hydrogen-bond donors (Lipinski definition) is 1. The molecule has 2 amide bonds. The van der Waals surface area contributed by atoms with Crippen molar-refractivity contribution in [2.45, 2.75) is 51.1 Å². The number of nitrogens with one attached hydrogen (secondary N) is 1. The van der Waals surface area contributed by atoms with Gasteiger partial charge >= 0.3 is 6.03 Å². The molecule has 25 heavy (non-hydrogen) atoms. The largest absolute Gasteiger partial charge is 0.441 e. The van der Waals surface area contributed by atoms with Crippen molar-refractivity contribution >= 4 is 22.8 Å². The third-order valence-corrected chi connectivity index (χ3v) is 5.42. The Hall–Kier alpha value is -2.08. The van der Waals surface area contributed by atoms with Crippen LogP contribution in [0.4, 0.5) is 10.5 Å². The summed E-state index contributed by atoms with van der Waals surface area (Å²) in [4.78, 5) is 21.5. The van der Waals surface area contributed by atoms with Crippen LogP contribution in [0.25, 0.3) is 11.1 Å². The van der Waals surface area contributed by atoms with E-state index in [-0.39, 0.29) is 6.03 Å². The summed E-state index contributed by atoms with van der Waals surface area (Å²) >= 11 is 0. The predicted molar refractivity (Wildman–Crippen MR) is 97.8 cm³/mol. The van der Waals surface area contributed by atoms with E-state index in [1.165, 1.54) is 12.8 Å². The van der Waals surface area contributed by atoms with Gasteiger partial charge in [-0.2, -0.15) is 0 Å². The SMILES string of the molecule is CCc1nc2cc(NC(=O)N(C)C3CCN(C4CC4)CC3)ccc2o1. The van der Waals surface area contributed by atoms with Crippen molar-refractivity contribution in [3.8, 4) is 0 Å². The fourth-order valence-corrected chi connectivity index (χ4v) is 3.66. The minimum atomic E-state index is -0.0524. The highest BCUT2D eigenvalue weighted by Gasteiger charge is 2.33. The van der Waals surface area contributed by atoms with Crippen LogP contribution < -0.4 is 5.32 Å². The van der Waals surface area contributed by atoms with Crippen LogP contribution in [0.5, 0.6) is 0 Å². The average molecular weight is 342 g/mol. The standard InChI is InChI=1S/C19H26N4O2/c1-3-18-21-16-12-13(4-7-17(16)25-18)20-19(24)22(2)14-8-10-23(11-9-14)15-5-6-15/h4,7,12,14-15H,3,5-6,8-11H2,1-2H3,(H,20,24). The lowest BCUT2D eigenvalue weighted by molar-refractivity contribution is 0.137.